The minimum atomic E-state index is 0.545. The van der Waals surface area contributed by atoms with Crippen LogP contribution in [0.2, 0.25) is 0 Å². The zero-order valence-corrected chi connectivity index (χ0v) is 10.3. The zero-order chi connectivity index (χ0) is 11.4. The van der Waals surface area contributed by atoms with Gasteiger partial charge in [-0.15, -0.1) is 0 Å². The van der Waals surface area contributed by atoms with Crippen LogP contribution in [0.3, 0.4) is 0 Å². The molecular formula is C14H21NO. The molecule has 1 unspecified atom stereocenters. The lowest BCUT2D eigenvalue weighted by Crippen LogP contribution is -2.26. The molecule has 1 atom stereocenters. The van der Waals surface area contributed by atoms with E-state index in [0.717, 1.165) is 18.9 Å². The molecule has 1 saturated heterocycles. The molecule has 0 aromatic heterocycles. The molecule has 1 aliphatic rings. The van der Waals surface area contributed by atoms with Gasteiger partial charge in [-0.25, -0.2) is 0 Å². The van der Waals surface area contributed by atoms with E-state index in [4.69, 9.17) is 4.74 Å². The Kier molecular flexibility index (Phi) is 3.83. The summed E-state index contributed by atoms with van der Waals surface area (Å²) in [7, 11) is 0. The highest BCUT2D eigenvalue weighted by Gasteiger charge is 2.15. The van der Waals surface area contributed by atoms with Gasteiger partial charge in [0.1, 0.15) is 5.75 Å². The van der Waals surface area contributed by atoms with E-state index in [1.54, 1.807) is 0 Å². The van der Waals surface area contributed by atoms with E-state index >= 15 is 0 Å². The number of hydrogen-bond acceptors (Lipinski definition) is 2. The molecule has 1 aliphatic heterocycles. The van der Waals surface area contributed by atoms with Crippen molar-refractivity contribution in [2.24, 2.45) is 0 Å². The quantitative estimate of drug-likeness (QED) is 0.843. The maximum atomic E-state index is 5.56. The van der Waals surface area contributed by atoms with E-state index in [2.05, 4.69) is 30.4 Å². The third-order valence-corrected chi connectivity index (χ3v) is 3.21. The molecule has 1 aromatic rings. The number of ether oxygens (including phenoxy) is 1. The van der Waals surface area contributed by atoms with Gasteiger partial charge in [-0.2, -0.15) is 0 Å². The highest BCUT2D eigenvalue weighted by molar-refractivity contribution is 5.37. The lowest BCUT2D eigenvalue weighted by atomic mass is 9.96. The first-order chi connectivity index (χ1) is 7.81. The monoisotopic (exact) mass is 219 g/mol. The molecule has 0 radical (unpaired) electrons. The Bertz CT molecular complexity index is 343. The molecule has 0 aliphatic carbocycles. The van der Waals surface area contributed by atoms with Gasteiger partial charge in [0.2, 0.25) is 0 Å². The van der Waals surface area contributed by atoms with E-state index in [1.807, 2.05) is 6.92 Å². The smallest absolute Gasteiger partial charge is 0.122 e. The van der Waals surface area contributed by atoms with Crippen LogP contribution < -0.4 is 10.1 Å². The van der Waals surface area contributed by atoms with Crippen molar-refractivity contribution in [3.63, 3.8) is 0 Å². The minimum Gasteiger partial charge on any atom is -0.494 e. The van der Waals surface area contributed by atoms with E-state index in [-0.39, 0.29) is 0 Å². The molecule has 1 heterocycles. The molecule has 1 aromatic carbocycles. The van der Waals surface area contributed by atoms with E-state index in [0.29, 0.717) is 6.04 Å². The van der Waals surface area contributed by atoms with Crippen molar-refractivity contribution in [1.29, 1.82) is 0 Å². The minimum absolute atomic E-state index is 0.545. The van der Waals surface area contributed by atoms with Crippen LogP contribution in [-0.2, 0) is 0 Å². The molecule has 2 heteroatoms. The van der Waals surface area contributed by atoms with E-state index < -0.39 is 0 Å². The molecule has 88 valence electrons. The van der Waals surface area contributed by atoms with Crippen molar-refractivity contribution in [2.75, 3.05) is 13.2 Å². The highest BCUT2D eigenvalue weighted by Crippen LogP contribution is 2.27. The van der Waals surface area contributed by atoms with Gasteiger partial charge >= 0.3 is 0 Å². The molecule has 2 rings (SSSR count). The van der Waals surface area contributed by atoms with Gasteiger partial charge in [-0.3, -0.25) is 0 Å². The summed E-state index contributed by atoms with van der Waals surface area (Å²) in [4.78, 5) is 0. The molecule has 2 nitrogen and oxygen atoms in total. The van der Waals surface area contributed by atoms with Gasteiger partial charge in [-0.05, 0) is 50.4 Å². The average molecular weight is 219 g/mol. The summed E-state index contributed by atoms with van der Waals surface area (Å²) in [5, 5.41) is 3.57. The van der Waals surface area contributed by atoms with Gasteiger partial charge in [0, 0.05) is 6.04 Å². The number of benzene rings is 1. The predicted molar refractivity (Wildman–Crippen MR) is 66.9 cm³/mol. The second kappa shape index (κ2) is 5.35. The van der Waals surface area contributed by atoms with Gasteiger partial charge in [-0.1, -0.05) is 18.6 Å². The fraction of sp³-hybridized carbons (Fsp3) is 0.571. The highest BCUT2D eigenvalue weighted by atomic mass is 16.5. The maximum absolute atomic E-state index is 5.56. The van der Waals surface area contributed by atoms with Crippen LogP contribution in [0.4, 0.5) is 0 Å². The summed E-state index contributed by atoms with van der Waals surface area (Å²) in [6, 6.07) is 7.10. The van der Waals surface area contributed by atoms with Crippen LogP contribution >= 0.6 is 0 Å². The van der Waals surface area contributed by atoms with Gasteiger partial charge in [0.15, 0.2) is 0 Å². The van der Waals surface area contributed by atoms with E-state index in [1.165, 1.54) is 30.4 Å². The lowest BCUT2D eigenvalue weighted by Gasteiger charge is -2.24. The number of hydrogen-bond donors (Lipinski definition) is 1. The summed E-state index contributed by atoms with van der Waals surface area (Å²) in [6.45, 7) is 6.03. The molecule has 0 saturated carbocycles. The summed E-state index contributed by atoms with van der Waals surface area (Å²) in [6.07, 6.45) is 3.91. The van der Waals surface area contributed by atoms with Crippen LogP contribution in [0.5, 0.6) is 5.75 Å². The first-order valence-corrected chi connectivity index (χ1v) is 6.28. The van der Waals surface area contributed by atoms with Crippen molar-refractivity contribution in [2.45, 2.75) is 39.2 Å². The topological polar surface area (TPSA) is 21.3 Å². The van der Waals surface area contributed by atoms with Crippen LogP contribution in [-0.4, -0.2) is 13.2 Å². The Balaban J connectivity index is 2.13. The Morgan fingerprint density at radius 2 is 2.25 bits per heavy atom. The van der Waals surface area contributed by atoms with Crippen molar-refractivity contribution in [1.82, 2.24) is 5.32 Å². The first kappa shape index (κ1) is 11.5. The summed E-state index contributed by atoms with van der Waals surface area (Å²) in [5.74, 6) is 1.02. The molecule has 0 bridgehead atoms. The summed E-state index contributed by atoms with van der Waals surface area (Å²) >= 11 is 0. The molecule has 0 amide bonds. The number of rotatable bonds is 3. The Hall–Kier alpha value is -1.02. The van der Waals surface area contributed by atoms with Crippen LogP contribution in [0.1, 0.15) is 43.4 Å². The fourth-order valence-electron chi connectivity index (χ4n) is 2.34. The summed E-state index contributed by atoms with van der Waals surface area (Å²) in [5.41, 5.74) is 2.65. The number of piperidine rings is 1. The maximum Gasteiger partial charge on any atom is 0.122 e. The third-order valence-electron chi connectivity index (χ3n) is 3.21. The van der Waals surface area contributed by atoms with Crippen molar-refractivity contribution in [3.8, 4) is 5.75 Å². The third kappa shape index (κ3) is 2.56. The van der Waals surface area contributed by atoms with Crippen LogP contribution in [0.25, 0.3) is 0 Å². The van der Waals surface area contributed by atoms with Crippen molar-refractivity contribution >= 4 is 0 Å². The van der Waals surface area contributed by atoms with Crippen LogP contribution in [0, 0.1) is 6.92 Å². The number of nitrogens with one attached hydrogen (secondary N) is 1. The number of aryl methyl sites for hydroxylation is 1. The molecule has 0 spiro atoms. The second-order valence-corrected chi connectivity index (χ2v) is 4.46. The standard InChI is InChI=1S/C14H21NO/c1-3-16-14-8-7-12(10-11(14)2)13-6-4-5-9-15-13/h7-8,10,13,15H,3-6,9H2,1-2H3. The second-order valence-electron chi connectivity index (χ2n) is 4.46. The predicted octanol–water partition coefficient (Wildman–Crippen LogP) is 3.21. The van der Waals surface area contributed by atoms with Crippen molar-refractivity contribution in [3.05, 3.63) is 29.3 Å². The molecule has 1 N–H and O–H groups in total. The van der Waals surface area contributed by atoms with E-state index in [9.17, 15) is 0 Å². The largest absolute Gasteiger partial charge is 0.494 e. The Labute approximate surface area is 98.0 Å². The SMILES string of the molecule is CCOc1ccc(C2CCCCN2)cc1C. The first-order valence-electron chi connectivity index (χ1n) is 6.28. The van der Waals surface area contributed by atoms with Gasteiger partial charge in [0.25, 0.3) is 0 Å². The molecule has 16 heavy (non-hydrogen) atoms. The van der Waals surface area contributed by atoms with Crippen LogP contribution in [0.15, 0.2) is 18.2 Å². The average Bonchev–Trinajstić information content (AvgIpc) is 2.33. The van der Waals surface area contributed by atoms with Gasteiger partial charge in [0.05, 0.1) is 6.61 Å². The van der Waals surface area contributed by atoms with Crippen molar-refractivity contribution < 1.29 is 4.74 Å². The molecule has 1 fully saturated rings. The fourth-order valence-corrected chi connectivity index (χ4v) is 2.34. The van der Waals surface area contributed by atoms with Gasteiger partial charge < -0.3 is 10.1 Å². The molecular weight excluding hydrogens is 198 g/mol. The Morgan fingerprint density at radius 3 is 2.88 bits per heavy atom. The zero-order valence-electron chi connectivity index (χ0n) is 10.3. The lowest BCUT2D eigenvalue weighted by molar-refractivity contribution is 0.337. The Morgan fingerprint density at radius 1 is 1.38 bits per heavy atom. The summed E-state index contributed by atoms with van der Waals surface area (Å²) < 4.78 is 5.56. The normalized spacial score (nSPS) is 20.8.